The monoisotopic (exact) mass is 324 g/mol. The molecular weight excluding hydrogens is 300 g/mol. The summed E-state index contributed by atoms with van der Waals surface area (Å²) in [6, 6.07) is 8.34. The summed E-state index contributed by atoms with van der Waals surface area (Å²) in [5, 5.41) is 14.6. The first-order valence-corrected chi connectivity index (χ1v) is 8.71. The fourth-order valence-corrected chi connectivity index (χ4v) is 3.15. The number of nitrogens with one attached hydrogen (secondary N) is 2. The zero-order valence-electron chi connectivity index (χ0n) is 13.9. The molecule has 0 aliphatic carbocycles. The number of carbonyl (C=O) groups excluding carboxylic acids is 1. The second-order valence-electron chi connectivity index (χ2n) is 6.52. The van der Waals surface area contributed by atoms with Crippen LogP contribution in [0, 0.1) is 12.3 Å². The number of hydrogen-bond acceptors (Lipinski definition) is 4. The molecule has 5 nitrogen and oxygen atoms in total. The molecule has 1 unspecified atom stereocenters. The van der Waals surface area contributed by atoms with Gasteiger partial charge in [0.2, 0.25) is 0 Å². The Morgan fingerprint density at radius 2 is 2.08 bits per heavy atom. The maximum Gasteiger partial charge on any atom is 0.251 e. The van der Waals surface area contributed by atoms with Crippen molar-refractivity contribution >= 4 is 5.91 Å². The lowest BCUT2D eigenvalue weighted by molar-refractivity contribution is 0.0952. The predicted octanol–water partition coefficient (Wildman–Crippen LogP) is 3.20. The Bertz CT molecular complexity index is 632. The molecule has 1 amide bonds. The molecule has 126 valence electrons. The van der Waals surface area contributed by atoms with E-state index < -0.39 is 0 Å². The molecule has 2 N–H and O–H groups in total. The van der Waals surface area contributed by atoms with Gasteiger partial charge < -0.3 is 10.6 Å². The van der Waals surface area contributed by atoms with E-state index in [0.717, 1.165) is 19.4 Å². The van der Waals surface area contributed by atoms with E-state index in [1.807, 2.05) is 12.1 Å². The fourth-order valence-electron chi connectivity index (χ4n) is 3.15. The summed E-state index contributed by atoms with van der Waals surface area (Å²) in [5.74, 6) is 2.56. The zero-order valence-corrected chi connectivity index (χ0v) is 13.9. The normalized spacial score (nSPS) is 21.0. The molecule has 5 heteroatoms. The Kier molecular flexibility index (Phi) is 5.27. The summed E-state index contributed by atoms with van der Waals surface area (Å²) in [5.41, 5.74) is 1.61. The van der Waals surface area contributed by atoms with E-state index >= 15 is 0 Å². The quantitative estimate of drug-likeness (QED) is 0.756. The number of benzene rings is 1. The van der Waals surface area contributed by atoms with Crippen LogP contribution in [0.5, 0.6) is 0 Å². The largest absolute Gasteiger partial charge is 0.352 e. The van der Waals surface area contributed by atoms with E-state index in [-0.39, 0.29) is 11.6 Å². The van der Waals surface area contributed by atoms with E-state index in [1.54, 1.807) is 0 Å². The number of amides is 1. The van der Waals surface area contributed by atoms with Gasteiger partial charge in [0.15, 0.2) is 5.66 Å². The molecule has 0 radical (unpaired) electrons. The minimum Gasteiger partial charge on any atom is -0.352 e. The summed E-state index contributed by atoms with van der Waals surface area (Å²) in [6.07, 6.45) is 11.1. The van der Waals surface area contributed by atoms with Crippen molar-refractivity contribution in [3.63, 3.8) is 0 Å². The summed E-state index contributed by atoms with van der Waals surface area (Å²) >= 11 is 0. The van der Waals surface area contributed by atoms with Crippen LogP contribution < -0.4 is 10.6 Å². The highest BCUT2D eigenvalue weighted by atomic mass is 16.1. The maximum absolute atomic E-state index is 12.2. The number of terminal acetylenes is 1. The average Bonchev–Trinajstić information content (AvgIpc) is 3.41. The van der Waals surface area contributed by atoms with Gasteiger partial charge in [0, 0.05) is 37.4 Å². The maximum atomic E-state index is 12.2. The molecule has 1 atom stereocenters. The topological polar surface area (TPSA) is 65.8 Å². The van der Waals surface area contributed by atoms with Crippen LogP contribution in [0.1, 0.15) is 60.5 Å². The van der Waals surface area contributed by atoms with Gasteiger partial charge in [-0.15, -0.1) is 12.3 Å². The first kappa shape index (κ1) is 16.7. The summed E-state index contributed by atoms with van der Waals surface area (Å²) in [4.78, 5) is 12.2. The van der Waals surface area contributed by atoms with Gasteiger partial charge in [-0.1, -0.05) is 18.6 Å². The van der Waals surface area contributed by atoms with Crippen molar-refractivity contribution in [1.82, 2.24) is 10.6 Å². The molecule has 0 saturated carbocycles. The predicted molar refractivity (Wildman–Crippen MR) is 93.6 cm³/mol. The molecule has 1 saturated heterocycles. The van der Waals surface area contributed by atoms with Crippen molar-refractivity contribution in [1.29, 1.82) is 0 Å². The van der Waals surface area contributed by atoms with Gasteiger partial charge in [-0.05, 0) is 37.1 Å². The molecule has 0 aromatic heterocycles. The standard InChI is InChI=1S/C19H24N4O/c1-2-3-11-19(22-23-19)12-14-21-18(24)16-9-7-15(8-10-16)17-6-4-5-13-20-17/h1,7-10,17,20H,3-6,11-14H2,(H,21,24). The van der Waals surface area contributed by atoms with E-state index in [1.165, 1.54) is 18.4 Å². The van der Waals surface area contributed by atoms with Crippen molar-refractivity contribution in [3.05, 3.63) is 35.4 Å². The molecule has 1 aromatic rings. The first-order valence-electron chi connectivity index (χ1n) is 8.71. The highest BCUT2D eigenvalue weighted by Gasteiger charge is 2.38. The van der Waals surface area contributed by atoms with Gasteiger partial charge in [-0.2, -0.15) is 10.2 Å². The smallest absolute Gasteiger partial charge is 0.251 e. The van der Waals surface area contributed by atoms with E-state index in [4.69, 9.17) is 6.42 Å². The molecule has 3 rings (SSSR count). The molecule has 0 spiro atoms. The van der Waals surface area contributed by atoms with Crippen LogP contribution in [0.3, 0.4) is 0 Å². The molecule has 2 heterocycles. The summed E-state index contributed by atoms with van der Waals surface area (Å²) < 4.78 is 0. The van der Waals surface area contributed by atoms with Crippen LogP contribution in [0.4, 0.5) is 0 Å². The minimum atomic E-state index is -0.337. The van der Waals surface area contributed by atoms with Crippen molar-refractivity contribution in [3.8, 4) is 12.3 Å². The van der Waals surface area contributed by atoms with Crippen LogP contribution in [-0.4, -0.2) is 24.7 Å². The highest BCUT2D eigenvalue weighted by Crippen LogP contribution is 2.36. The van der Waals surface area contributed by atoms with Gasteiger partial charge in [-0.25, -0.2) is 0 Å². The molecule has 0 bridgehead atoms. The molecule has 2 aliphatic rings. The third-order valence-electron chi connectivity index (χ3n) is 4.75. The van der Waals surface area contributed by atoms with Crippen LogP contribution >= 0.6 is 0 Å². The fraction of sp³-hybridized carbons (Fsp3) is 0.526. The zero-order chi connectivity index (χ0) is 16.8. The van der Waals surface area contributed by atoms with Crippen LogP contribution in [0.15, 0.2) is 34.5 Å². The lowest BCUT2D eigenvalue weighted by atomic mass is 9.96. The van der Waals surface area contributed by atoms with Crippen LogP contribution in [0.25, 0.3) is 0 Å². The van der Waals surface area contributed by atoms with Gasteiger partial charge in [0.05, 0.1) is 0 Å². The van der Waals surface area contributed by atoms with E-state index in [0.29, 0.717) is 31.0 Å². The number of nitrogens with zero attached hydrogens (tertiary/aromatic N) is 2. The number of hydrogen-bond donors (Lipinski definition) is 2. The van der Waals surface area contributed by atoms with Crippen molar-refractivity contribution in [2.24, 2.45) is 10.2 Å². The molecule has 1 aromatic carbocycles. The van der Waals surface area contributed by atoms with Gasteiger partial charge in [0.25, 0.3) is 5.91 Å². The Balaban J connectivity index is 1.46. The lowest BCUT2D eigenvalue weighted by Gasteiger charge is -2.23. The Morgan fingerprint density at radius 3 is 2.71 bits per heavy atom. The molecular formula is C19H24N4O. The van der Waals surface area contributed by atoms with E-state index in [2.05, 4.69) is 38.9 Å². The third-order valence-corrected chi connectivity index (χ3v) is 4.75. The van der Waals surface area contributed by atoms with Crippen LogP contribution in [-0.2, 0) is 0 Å². The lowest BCUT2D eigenvalue weighted by Crippen LogP contribution is -2.28. The highest BCUT2D eigenvalue weighted by molar-refractivity contribution is 5.94. The number of piperidine rings is 1. The molecule has 24 heavy (non-hydrogen) atoms. The third kappa shape index (κ3) is 4.21. The minimum absolute atomic E-state index is 0.0501. The second-order valence-corrected chi connectivity index (χ2v) is 6.52. The summed E-state index contributed by atoms with van der Waals surface area (Å²) in [6.45, 7) is 1.63. The summed E-state index contributed by atoms with van der Waals surface area (Å²) in [7, 11) is 0. The van der Waals surface area contributed by atoms with Gasteiger partial charge >= 0.3 is 0 Å². The SMILES string of the molecule is C#CCCC1(CCNC(=O)c2ccc(C3CCCCN3)cc2)N=N1. The Hall–Kier alpha value is -2.19. The number of rotatable bonds is 7. The Labute approximate surface area is 143 Å². The van der Waals surface area contributed by atoms with Crippen molar-refractivity contribution < 1.29 is 4.79 Å². The Morgan fingerprint density at radius 1 is 1.29 bits per heavy atom. The van der Waals surface area contributed by atoms with Crippen molar-refractivity contribution in [2.45, 2.75) is 50.2 Å². The van der Waals surface area contributed by atoms with Gasteiger partial charge in [-0.3, -0.25) is 4.79 Å². The van der Waals surface area contributed by atoms with Gasteiger partial charge in [0.1, 0.15) is 0 Å². The van der Waals surface area contributed by atoms with Crippen LogP contribution in [0.2, 0.25) is 0 Å². The molecule has 2 aliphatic heterocycles. The van der Waals surface area contributed by atoms with E-state index in [9.17, 15) is 4.79 Å². The second kappa shape index (κ2) is 7.59. The number of carbonyl (C=O) groups is 1. The first-order chi connectivity index (χ1) is 11.7. The molecule has 1 fully saturated rings. The van der Waals surface area contributed by atoms with Crippen molar-refractivity contribution in [2.75, 3.05) is 13.1 Å². The average molecular weight is 324 g/mol.